The van der Waals surface area contributed by atoms with E-state index in [9.17, 15) is 4.79 Å². The van der Waals surface area contributed by atoms with E-state index >= 15 is 0 Å². The molecule has 2 aromatic carbocycles. The van der Waals surface area contributed by atoms with Crippen molar-refractivity contribution in [3.63, 3.8) is 0 Å². The Kier molecular flexibility index (Phi) is 6.28. The second-order valence-corrected chi connectivity index (χ2v) is 4.16. The summed E-state index contributed by atoms with van der Waals surface area (Å²) >= 11 is 0. The van der Waals surface area contributed by atoms with Crippen LogP contribution in [0.15, 0.2) is 36.4 Å². The summed E-state index contributed by atoms with van der Waals surface area (Å²) in [6.07, 6.45) is 0.783. The molecule has 0 saturated carbocycles. The SMILES string of the molecule is COc1[c-]c(OCc2ccccc2)c(C=O)c(C)c1.[Co]. The van der Waals surface area contributed by atoms with Crippen LogP contribution in [0.4, 0.5) is 0 Å². The maximum atomic E-state index is 11.1. The molecule has 0 atom stereocenters. The van der Waals surface area contributed by atoms with Crippen molar-refractivity contribution in [2.24, 2.45) is 0 Å². The van der Waals surface area contributed by atoms with Crippen molar-refractivity contribution in [3.8, 4) is 11.5 Å². The molecule has 0 saturated heterocycles. The molecule has 0 spiro atoms. The molecule has 0 N–H and O–H groups in total. The number of aryl methyl sites for hydroxylation is 1. The van der Waals surface area contributed by atoms with Crippen LogP contribution in [0.1, 0.15) is 21.5 Å². The first-order valence-electron chi connectivity index (χ1n) is 5.97. The van der Waals surface area contributed by atoms with Gasteiger partial charge >= 0.3 is 0 Å². The van der Waals surface area contributed by atoms with Crippen LogP contribution in [0.3, 0.4) is 0 Å². The number of benzene rings is 2. The summed E-state index contributed by atoms with van der Waals surface area (Å²) in [5.74, 6) is 0.988. The first-order chi connectivity index (χ1) is 9.24. The molecule has 4 heteroatoms. The summed E-state index contributed by atoms with van der Waals surface area (Å²) in [5.41, 5.74) is 2.36. The fourth-order valence-corrected chi connectivity index (χ4v) is 1.77. The molecule has 0 aromatic heterocycles. The maximum Gasteiger partial charge on any atom is 0.110 e. The van der Waals surface area contributed by atoms with Gasteiger partial charge in [-0.05, 0) is 5.56 Å². The molecule has 2 aromatic rings. The van der Waals surface area contributed by atoms with Crippen molar-refractivity contribution >= 4 is 6.29 Å². The van der Waals surface area contributed by atoms with Crippen molar-refractivity contribution in [3.05, 3.63) is 59.2 Å². The average Bonchev–Trinajstić information content (AvgIpc) is 2.45. The molecule has 0 unspecified atom stereocenters. The van der Waals surface area contributed by atoms with E-state index in [0.717, 1.165) is 17.4 Å². The molecule has 0 aliphatic carbocycles. The quantitative estimate of drug-likeness (QED) is 0.628. The van der Waals surface area contributed by atoms with Crippen molar-refractivity contribution in [1.29, 1.82) is 0 Å². The van der Waals surface area contributed by atoms with E-state index < -0.39 is 0 Å². The number of ether oxygens (including phenoxy) is 2. The van der Waals surface area contributed by atoms with E-state index in [1.165, 1.54) is 0 Å². The number of hydrogen-bond donors (Lipinski definition) is 0. The fourth-order valence-electron chi connectivity index (χ4n) is 1.77. The normalized spacial score (nSPS) is 9.50. The molecule has 0 amide bonds. The summed E-state index contributed by atoms with van der Waals surface area (Å²) < 4.78 is 10.8. The van der Waals surface area contributed by atoms with E-state index in [4.69, 9.17) is 9.47 Å². The molecule has 3 nitrogen and oxygen atoms in total. The molecular formula is C16H15CoO3-. The number of aldehydes is 1. The monoisotopic (exact) mass is 314 g/mol. The molecule has 20 heavy (non-hydrogen) atoms. The van der Waals surface area contributed by atoms with E-state index in [0.29, 0.717) is 23.7 Å². The molecule has 2 rings (SSSR count). The van der Waals surface area contributed by atoms with Gasteiger partial charge in [-0.1, -0.05) is 48.9 Å². The molecular weight excluding hydrogens is 299 g/mol. The molecule has 0 aliphatic rings. The molecule has 1 radical (unpaired) electrons. The molecule has 0 fully saturated rings. The van der Waals surface area contributed by atoms with Gasteiger partial charge in [0.2, 0.25) is 0 Å². The second-order valence-electron chi connectivity index (χ2n) is 4.16. The molecule has 0 heterocycles. The van der Waals surface area contributed by atoms with Crippen LogP contribution >= 0.6 is 0 Å². The summed E-state index contributed by atoms with van der Waals surface area (Å²) in [7, 11) is 1.56. The number of carbonyl (C=O) groups excluding carboxylic acids is 1. The van der Waals surface area contributed by atoms with Crippen molar-refractivity contribution in [1.82, 2.24) is 0 Å². The van der Waals surface area contributed by atoms with Gasteiger partial charge in [0.05, 0.1) is 13.4 Å². The minimum absolute atomic E-state index is 0. The van der Waals surface area contributed by atoms with Gasteiger partial charge in [-0.25, -0.2) is 0 Å². The largest absolute Gasteiger partial charge is 0.522 e. The number of carbonyl (C=O) groups is 1. The van der Waals surface area contributed by atoms with Gasteiger partial charge in [0, 0.05) is 28.3 Å². The molecule has 0 bridgehead atoms. The third-order valence-corrected chi connectivity index (χ3v) is 2.82. The minimum atomic E-state index is 0. The van der Waals surface area contributed by atoms with Crippen LogP contribution in [0.5, 0.6) is 11.5 Å². The zero-order valence-corrected chi connectivity index (χ0v) is 12.3. The van der Waals surface area contributed by atoms with E-state index in [2.05, 4.69) is 6.07 Å². The van der Waals surface area contributed by atoms with Crippen LogP contribution in [0.25, 0.3) is 0 Å². The van der Waals surface area contributed by atoms with Gasteiger partial charge in [-0.15, -0.1) is 11.6 Å². The zero-order chi connectivity index (χ0) is 13.7. The summed E-state index contributed by atoms with van der Waals surface area (Å²) in [6, 6.07) is 14.5. The predicted octanol–water partition coefficient (Wildman–Crippen LogP) is 3.19. The number of methoxy groups -OCH3 is 1. The van der Waals surface area contributed by atoms with Crippen molar-refractivity contribution in [2.45, 2.75) is 13.5 Å². The standard InChI is InChI=1S/C16H15O3.Co/c1-12-8-14(18-2)9-16(15(12)10-17)19-11-13-6-4-3-5-7-13;/h3-8,10H,11H2,1-2H3;/q-1;. The first kappa shape index (κ1) is 16.3. The zero-order valence-electron chi connectivity index (χ0n) is 11.3. The van der Waals surface area contributed by atoms with Crippen LogP contribution in [-0.2, 0) is 23.4 Å². The molecule has 107 valence electrons. The Labute approximate surface area is 129 Å². The van der Waals surface area contributed by atoms with E-state index in [1.54, 1.807) is 13.2 Å². The van der Waals surface area contributed by atoms with Crippen molar-refractivity contribution in [2.75, 3.05) is 7.11 Å². The smallest absolute Gasteiger partial charge is 0.110 e. The maximum absolute atomic E-state index is 11.1. The Balaban J connectivity index is 0.00000200. The summed E-state index contributed by atoms with van der Waals surface area (Å²) in [5, 5.41) is 0. The van der Waals surface area contributed by atoms with Gasteiger partial charge in [-0.3, -0.25) is 0 Å². The van der Waals surface area contributed by atoms with E-state index in [-0.39, 0.29) is 16.8 Å². The van der Waals surface area contributed by atoms with Crippen molar-refractivity contribution < 1.29 is 31.0 Å². The third-order valence-electron chi connectivity index (χ3n) is 2.82. The Bertz CT molecular complexity index is 567. The summed E-state index contributed by atoms with van der Waals surface area (Å²) in [4.78, 5) is 11.1. The Morgan fingerprint density at radius 2 is 1.95 bits per heavy atom. The van der Waals surface area contributed by atoms with Gasteiger partial charge in [0.25, 0.3) is 0 Å². The van der Waals surface area contributed by atoms with Gasteiger partial charge in [0.15, 0.2) is 0 Å². The Morgan fingerprint density at radius 3 is 2.55 bits per heavy atom. The topological polar surface area (TPSA) is 35.5 Å². The van der Waals surface area contributed by atoms with Crippen LogP contribution in [-0.4, -0.2) is 13.4 Å². The van der Waals surface area contributed by atoms with Gasteiger partial charge < -0.3 is 14.3 Å². The van der Waals surface area contributed by atoms with E-state index in [1.807, 2.05) is 37.3 Å². The summed E-state index contributed by atoms with van der Waals surface area (Å²) in [6.45, 7) is 2.24. The minimum Gasteiger partial charge on any atom is -0.522 e. The van der Waals surface area contributed by atoms with Crippen LogP contribution in [0, 0.1) is 13.0 Å². The Morgan fingerprint density at radius 1 is 1.25 bits per heavy atom. The van der Waals surface area contributed by atoms with Gasteiger partial charge in [0.1, 0.15) is 6.61 Å². The number of hydrogen-bond acceptors (Lipinski definition) is 3. The third kappa shape index (κ3) is 3.85. The fraction of sp³-hybridized carbons (Fsp3) is 0.188. The van der Waals surface area contributed by atoms with Crippen LogP contribution < -0.4 is 9.47 Å². The predicted molar refractivity (Wildman–Crippen MR) is 72.7 cm³/mol. The Hall–Kier alpha value is -1.78. The van der Waals surface area contributed by atoms with Crippen LogP contribution in [0.2, 0.25) is 0 Å². The number of rotatable bonds is 5. The van der Waals surface area contributed by atoms with Gasteiger partial charge in [-0.2, -0.15) is 0 Å². The molecule has 0 aliphatic heterocycles. The first-order valence-corrected chi connectivity index (χ1v) is 5.97. The average molecular weight is 314 g/mol. The second kappa shape index (κ2) is 7.72.